The summed E-state index contributed by atoms with van der Waals surface area (Å²) in [6.07, 6.45) is 38.2. The van der Waals surface area contributed by atoms with Crippen molar-refractivity contribution >= 4 is 5.97 Å². The summed E-state index contributed by atoms with van der Waals surface area (Å²) >= 11 is 0. The summed E-state index contributed by atoms with van der Waals surface area (Å²) in [5.41, 5.74) is 2.05. The third kappa shape index (κ3) is 20.8. The molecule has 248 valence electrons. The van der Waals surface area contributed by atoms with Crippen LogP contribution in [0.1, 0.15) is 187 Å². The van der Waals surface area contributed by atoms with Gasteiger partial charge in [0.05, 0.1) is 0 Å². The maximum Gasteiger partial charge on any atom is 0.311 e. The predicted octanol–water partition coefficient (Wildman–Crippen LogP) is 14.2. The molecule has 2 aromatic rings. The molecular formula is C42H68O2. The number of carbonyl (C=O) groups is 1. The number of hydrogen-bond acceptors (Lipinski definition) is 2. The fourth-order valence-corrected chi connectivity index (χ4v) is 6.35. The minimum atomic E-state index is -0.118. The Balaban J connectivity index is 1.27. The van der Waals surface area contributed by atoms with Crippen LogP contribution in [0.5, 0.6) is 5.75 Å². The first-order valence-electron chi connectivity index (χ1n) is 19.2. The van der Waals surface area contributed by atoms with Gasteiger partial charge in [-0.25, -0.2) is 0 Å². The molecule has 0 atom stereocenters. The van der Waals surface area contributed by atoms with Crippen molar-refractivity contribution in [1.29, 1.82) is 0 Å². The molecule has 0 fully saturated rings. The van der Waals surface area contributed by atoms with Crippen molar-refractivity contribution in [2.24, 2.45) is 0 Å². The largest absolute Gasteiger partial charge is 0.426 e. The lowest BCUT2D eigenvalue weighted by Gasteiger charge is -2.10. The van der Waals surface area contributed by atoms with Crippen LogP contribution in [0.4, 0.5) is 0 Å². The number of para-hydroxylation sites is 1. The predicted molar refractivity (Wildman–Crippen MR) is 192 cm³/mol. The zero-order valence-corrected chi connectivity index (χ0v) is 28.8. The highest BCUT2D eigenvalue weighted by Crippen LogP contribution is 2.30. The van der Waals surface area contributed by atoms with Gasteiger partial charge >= 0.3 is 5.97 Å². The smallest absolute Gasteiger partial charge is 0.311 e. The molecule has 2 rings (SSSR count). The molecule has 0 N–H and O–H groups in total. The van der Waals surface area contributed by atoms with Gasteiger partial charge in [-0.1, -0.05) is 222 Å². The summed E-state index contributed by atoms with van der Waals surface area (Å²) in [5, 5.41) is 0. The summed E-state index contributed by atoms with van der Waals surface area (Å²) in [6, 6.07) is 17.9. The first-order chi connectivity index (χ1) is 21.8. The molecule has 0 spiro atoms. The molecule has 0 aliphatic heterocycles. The van der Waals surface area contributed by atoms with Crippen LogP contribution in [0.3, 0.4) is 0 Å². The van der Waals surface area contributed by atoms with Crippen molar-refractivity contribution in [3.05, 3.63) is 54.6 Å². The topological polar surface area (TPSA) is 26.3 Å². The van der Waals surface area contributed by atoms with Gasteiger partial charge in [0, 0.05) is 12.0 Å². The second-order valence-corrected chi connectivity index (χ2v) is 13.3. The maximum absolute atomic E-state index is 12.4. The van der Waals surface area contributed by atoms with E-state index >= 15 is 0 Å². The summed E-state index contributed by atoms with van der Waals surface area (Å²) in [7, 11) is 0. The minimum absolute atomic E-state index is 0.118. The van der Waals surface area contributed by atoms with Gasteiger partial charge in [0.15, 0.2) is 0 Å². The average molecular weight is 605 g/mol. The Morgan fingerprint density at radius 2 is 0.773 bits per heavy atom. The average Bonchev–Trinajstić information content (AvgIpc) is 3.05. The molecule has 0 radical (unpaired) electrons. The van der Waals surface area contributed by atoms with Gasteiger partial charge < -0.3 is 4.74 Å². The van der Waals surface area contributed by atoms with Gasteiger partial charge in [0.1, 0.15) is 5.75 Å². The Morgan fingerprint density at radius 3 is 1.18 bits per heavy atom. The van der Waals surface area contributed by atoms with Crippen molar-refractivity contribution in [2.75, 3.05) is 0 Å². The molecule has 0 amide bonds. The normalized spacial score (nSPS) is 11.2. The van der Waals surface area contributed by atoms with E-state index in [1.165, 1.54) is 161 Å². The van der Waals surface area contributed by atoms with Gasteiger partial charge in [0.2, 0.25) is 0 Å². The SMILES string of the molecule is CCCCCCCCCCCCCCCCCCCCCCCCCCCCCC(=O)Oc1ccccc1-c1ccccc1. The highest BCUT2D eigenvalue weighted by molar-refractivity contribution is 5.77. The van der Waals surface area contributed by atoms with Crippen molar-refractivity contribution < 1.29 is 9.53 Å². The molecule has 0 saturated carbocycles. The fourth-order valence-electron chi connectivity index (χ4n) is 6.35. The van der Waals surface area contributed by atoms with Gasteiger partial charge in [-0.3, -0.25) is 4.79 Å². The first-order valence-corrected chi connectivity index (χ1v) is 19.2. The fraction of sp³-hybridized carbons (Fsp3) is 0.690. The lowest BCUT2D eigenvalue weighted by atomic mass is 10.0. The molecule has 44 heavy (non-hydrogen) atoms. The molecule has 0 unspecified atom stereocenters. The molecular weight excluding hydrogens is 536 g/mol. The van der Waals surface area contributed by atoms with E-state index in [-0.39, 0.29) is 5.97 Å². The van der Waals surface area contributed by atoms with E-state index in [1.807, 2.05) is 42.5 Å². The molecule has 0 saturated heterocycles. The molecule has 2 aromatic carbocycles. The van der Waals surface area contributed by atoms with Gasteiger partial charge in [-0.05, 0) is 18.1 Å². The number of esters is 1. The van der Waals surface area contributed by atoms with Crippen LogP contribution < -0.4 is 4.74 Å². The summed E-state index contributed by atoms with van der Waals surface area (Å²) in [4.78, 5) is 12.4. The van der Waals surface area contributed by atoms with Crippen LogP contribution in [0.25, 0.3) is 11.1 Å². The second-order valence-electron chi connectivity index (χ2n) is 13.3. The van der Waals surface area contributed by atoms with Gasteiger partial charge in [0.25, 0.3) is 0 Å². The van der Waals surface area contributed by atoms with Crippen LogP contribution in [-0.4, -0.2) is 5.97 Å². The van der Waals surface area contributed by atoms with Crippen molar-refractivity contribution in [1.82, 2.24) is 0 Å². The van der Waals surface area contributed by atoms with Gasteiger partial charge in [-0.2, -0.15) is 0 Å². The Bertz CT molecular complexity index is 905. The number of benzene rings is 2. The lowest BCUT2D eigenvalue weighted by molar-refractivity contribution is -0.134. The number of carbonyl (C=O) groups excluding carboxylic acids is 1. The quantitative estimate of drug-likeness (QED) is 0.0503. The standard InChI is InChI=1S/C42H68O2/c1-2-3-4-5-6-7-8-9-10-11-12-13-14-15-16-17-18-19-20-21-22-23-24-25-26-27-31-38-42(43)44-41-37-33-32-36-40(41)39-34-29-28-30-35-39/h28-30,32-37H,2-27,31,38H2,1H3. The third-order valence-electron chi connectivity index (χ3n) is 9.18. The Labute approximate surface area is 273 Å². The molecule has 0 aliphatic carbocycles. The van der Waals surface area contributed by atoms with Crippen LogP contribution in [0, 0.1) is 0 Å². The monoisotopic (exact) mass is 605 g/mol. The molecule has 2 nitrogen and oxygen atoms in total. The van der Waals surface area contributed by atoms with E-state index in [4.69, 9.17) is 4.74 Å². The molecule has 0 bridgehead atoms. The van der Waals surface area contributed by atoms with Crippen LogP contribution in [0.15, 0.2) is 54.6 Å². The zero-order valence-electron chi connectivity index (χ0n) is 28.8. The lowest BCUT2D eigenvalue weighted by Crippen LogP contribution is -2.08. The van der Waals surface area contributed by atoms with E-state index in [0.717, 1.165) is 24.0 Å². The summed E-state index contributed by atoms with van der Waals surface area (Å²) < 4.78 is 5.72. The van der Waals surface area contributed by atoms with Crippen LogP contribution in [0.2, 0.25) is 0 Å². The highest BCUT2D eigenvalue weighted by atomic mass is 16.5. The Kier molecular flexibility index (Phi) is 24.6. The van der Waals surface area contributed by atoms with Crippen molar-refractivity contribution in [2.45, 2.75) is 187 Å². The van der Waals surface area contributed by atoms with Crippen molar-refractivity contribution in [3.63, 3.8) is 0 Å². The Morgan fingerprint density at radius 1 is 0.432 bits per heavy atom. The zero-order chi connectivity index (χ0) is 31.2. The number of unbranched alkanes of at least 4 members (excludes halogenated alkanes) is 26. The van der Waals surface area contributed by atoms with Gasteiger partial charge in [-0.15, -0.1) is 0 Å². The van der Waals surface area contributed by atoms with Crippen LogP contribution >= 0.6 is 0 Å². The number of rotatable bonds is 30. The third-order valence-corrected chi connectivity index (χ3v) is 9.18. The van der Waals surface area contributed by atoms with E-state index < -0.39 is 0 Å². The number of hydrogen-bond donors (Lipinski definition) is 0. The maximum atomic E-state index is 12.4. The second kappa shape index (κ2) is 28.4. The minimum Gasteiger partial charge on any atom is -0.426 e. The van der Waals surface area contributed by atoms with E-state index in [9.17, 15) is 4.79 Å². The first kappa shape index (κ1) is 38.1. The van der Waals surface area contributed by atoms with E-state index in [2.05, 4.69) is 19.1 Å². The highest BCUT2D eigenvalue weighted by Gasteiger charge is 2.10. The Hall–Kier alpha value is -2.09. The van der Waals surface area contributed by atoms with Crippen LogP contribution in [-0.2, 0) is 4.79 Å². The molecule has 0 heterocycles. The molecule has 2 heteroatoms. The summed E-state index contributed by atoms with van der Waals surface area (Å²) in [6.45, 7) is 2.30. The molecule has 0 aromatic heterocycles. The van der Waals surface area contributed by atoms with E-state index in [1.54, 1.807) is 0 Å². The number of ether oxygens (including phenoxy) is 1. The summed E-state index contributed by atoms with van der Waals surface area (Å²) in [5.74, 6) is 0.543. The molecule has 0 aliphatic rings. The van der Waals surface area contributed by atoms with Crippen molar-refractivity contribution in [3.8, 4) is 16.9 Å². The van der Waals surface area contributed by atoms with E-state index in [0.29, 0.717) is 12.2 Å².